The second-order valence-corrected chi connectivity index (χ2v) is 3.28. The lowest BCUT2D eigenvalue weighted by Crippen LogP contribution is -1.82. The van der Waals surface area contributed by atoms with Crippen LogP contribution in [-0.2, 0) is 0 Å². The molecule has 0 unspecified atom stereocenters. The maximum atomic E-state index is 12.2. The monoisotopic (exact) mass is 225 g/mol. The molecule has 0 amide bonds. The Bertz CT molecular complexity index is 335. The molecular formula is C7H6F3NO2S. The van der Waals surface area contributed by atoms with E-state index < -0.39 is 18.3 Å². The number of rotatable bonds is 4. The molecule has 0 aliphatic heterocycles. The van der Waals surface area contributed by atoms with Crippen molar-refractivity contribution < 1.29 is 22.7 Å². The van der Waals surface area contributed by atoms with E-state index in [0.29, 0.717) is 0 Å². The van der Waals surface area contributed by atoms with Crippen LogP contribution >= 0.6 is 11.8 Å². The minimum absolute atomic E-state index is 0.0725. The maximum absolute atomic E-state index is 12.2. The summed E-state index contributed by atoms with van der Waals surface area (Å²) in [6.07, 6.45) is -1.69. The number of aromatic hydroxyl groups is 1. The SMILES string of the molecule is Oc1coc(SCCC(F)=C(F)F)n1. The fourth-order valence-electron chi connectivity index (χ4n) is 0.638. The fourth-order valence-corrected chi connectivity index (χ4v) is 1.37. The highest BCUT2D eigenvalue weighted by atomic mass is 32.2. The average molecular weight is 225 g/mol. The normalized spacial score (nSPS) is 10.2. The quantitative estimate of drug-likeness (QED) is 0.800. The number of oxazole rings is 1. The lowest BCUT2D eigenvalue weighted by atomic mass is 10.4. The molecule has 0 aromatic carbocycles. The van der Waals surface area contributed by atoms with E-state index in [1.165, 1.54) is 0 Å². The highest BCUT2D eigenvalue weighted by Gasteiger charge is 2.07. The van der Waals surface area contributed by atoms with Crippen LogP contribution in [0.5, 0.6) is 5.88 Å². The van der Waals surface area contributed by atoms with Crippen molar-refractivity contribution in [3.63, 3.8) is 0 Å². The molecule has 1 aromatic heterocycles. The molecule has 1 heterocycles. The first kappa shape index (κ1) is 11.0. The summed E-state index contributed by atoms with van der Waals surface area (Å²) in [6, 6.07) is 0. The van der Waals surface area contributed by atoms with Crippen LogP contribution in [0.2, 0.25) is 0 Å². The zero-order valence-electron chi connectivity index (χ0n) is 6.84. The van der Waals surface area contributed by atoms with Gasteiger partial charge in [0.15, 0.2) is 12.1 Å². The van der Waals surface area contributed by atoms with Crippen molar-refractivity contribution in [3.05, 3.63) is 18.2 Å². The van der Waals surface area contributed by atoms with Crippen molar-refractivity contribution in [3.8, 4) is 5.88 Å². The Hall–Kier alpha value is -1.11. The number of aromatic nitrogens is 1. The summed E-state index contributed by atoms with van der Waals surface area (Å²) in [6.45, 7) is 0. The highest BCUT2D eigenvalue weighted by Crippen LogP contribution is 2.23. The fraction of sp³-hybridized carbons (Fsp3) is 0.286. The third-order valence-corrected chi connectivity index (χ3v) is 2.07. The van der Waals surface area contributed by atoms with Crippen molar-refractivity contribution in [1.82, 2.24) is 4.98 Å². The number of halogens is 3. The van der Waals surface area contributed by atoms with Crippen LogP contribution in [0.25, 0.3) is 0 Å². The van der Waals surface area contributed by atoms with Crippen LogP contribution < -0.4 is 0 Å². The molecule has 3 nitrogen and oxygen atoms in total. The maximum Gasteiger partial charge on any atom is 0.301 e. The summed E-state index contributed by atoms with van der Waals surface area (Å²) < 4.78 is 40.1. The first-order valence-electron chi connectivity index (χ1n) is 3.56. The zero-order chi connectivity index (χ0) is 10.6. The van der Waals surface area contributed by atoms with E-state index in [-0.39, 0.29) is 16.9 Å². The molecule has 1 aromatic rings. The molecular weight excluding hydrogens is 219 g/mol. The molecule has 0 fully saturated rings. The van der Waals surface area contributed by atoms with E-state index in [9.17, 15) is 13.2 Å². The topological polar surface area (TPSA) is 46.3 Å². The molecule has 7 heteroatoms. The molecule has 0 saturated heterocycles. The van der Waals surface area contributed by atoms with Gasteiger partial charge in [-0.15, -0.1) is 0 Å². The minimum Gasteiger partial charge on any atom is -0.491 e. The Balaban J connectivity index is 2.32. The number of allylic oxidation sites excluding steroid dienone is 1. The van der Waals surface area contributed by atoms with Crippen LogP contribution in [0.3, 0.4) is 0 Å². The Morgan fingerprint density at radius 2 is 2.21 bits per heavy atom. The van der Waals surface area contributed by atoms with Crippen molar-refractivity contribution >= 4 is 11.8 Å². The van der Waals surface area contributed by atoms with E-state index in [4.69, 9.17) is 5.11 Å². The molecule has 78 valence electrons. The molecule has 1 N–H and O–H groups in total. The Morgan fingerprint density at radius 1 is 1.50 bits per heavy atom. The number of hydrogen-bond acceptors (Lipinski definition) is 4. The van der Waals surface area contributed by atoms with Gasteiger partial charge < -0.3 is 9.52 Å². The molecule has 0 spiro atoms. The van der Waals surface area contributed by atoms with Gasteiger partial charge in [-0.3, -0.25) is 0 Å². The number of hydrogen-bond donors (Lipinski definition) is 1. The van der Waals surface area contributed by atoms with Crippen molar-refractivity contribution in [2.45, 2.75) is 11.6 Å². The smallest absolute Gasteiger partial charge is 0.301 e. The molecule has 0 atom stereocenters. The summed E-state index contributed by atoms with van der Waals surface area (Å²) in [5.74, 6) is -1.66. The van der Waals surface area contributed by atoms with Gasteiger partial charge in [-0.05, 0) is 0 Å². The predicted molar refractivity (Wildman–Crippen MR) is 43.9 cm³/mol. The molecule has 0 aliphatic rings. The average Bonchev–Trinajstić information content (AvgIpc) is 2.51. The van der Waals surface area contributed by atoms with Gasteiger partial charge in [0.25, 0.3) is 11.1 Å². The van der Waals surface area contributed by atoms with E-state index in [1.807, 2.05) is 0 Å². The summed E-state index contributed by atoms with van der Waals surface area (Å²) in [5.41, 5.74) is 0. The largest absolute Gasteiger partial charge is 0.491 e. The van der Waals surface area contributed by atoms with Crippen LogP contribution in [-0.4, -0.2) is 15.8 Å². The molecule has 0 saturated carbocycles. The molecule has 14 heavy (non-hydrogen) atoms. The van der Waals surface area contributed by atoms with E-state index in [2.05, 4.69) is 9.40 Å². The summed E-state index contributed by atoms with van der Waals surface area (Å²) in [7, 11) is 0. The summed E-state index contributed by atoms with van der Waals surface area (Å²) in [5, 5.41) is 8.85. The van der Waals surface area contributed by atoms with E-state index >= 15 is 0 Å². The van der Waals surface area contributed by atoms with Crippen LogP contribution in [0.4, 0.5) is 13.2 Å². The molecule has 1 rings (SSSR count). The third-order valence-electron chi connectivity index (χ3n) is 1.22. The van der Waals surface area contributed by atoms with Gasteiger partial charge in [0.05, 0.1) is 0 Å². The van der Waals surface area contributed by atoms with E-state index in [1.54, 1.807) is 0 Å². The zero-order valence-corrected chi connectivity index (χ0v) is 7.65. The van der Waals surface area contributed by atoms with Crippen LogP contribution in [0.15, 0.2) is 27.8 Å². The molecule has 0 aliphatic carbocycles. The number of thioether (sulfide) groups is 1. The minimum atomic E-state index is -2.30. The first-order chi connectivity index (χ1) is 6.59. The van der Waals surface area contributed by atoms with Crippen molar-refractivity contribution in [1.29, 1.82) is 0 Å². The second-order valence-electron chi connectivity index (χ2n) is 2.24. The van der Waals surface area contributed by atoms with Gasteiger partial charge in [0.2, 0.25) is 0 Å². The second kappa shape index (κ2) is 4.94. The van der Waals surface area contributed by atoms with E-state index in [0.717, 1.165) is 18.0 Å². The third kappa shape index (κ3) is 3.33. The van der Waals surface area contributed by atoms with Crippen LogP contribution in [0, 0.1) is 0 Å². The van der Waals surface area contributed by atoms with Crippen LogP contribution in [0.1, 0.15) is 6.42 Å². The highest BCUT2D eigenvalue weighted by molar-refractivity contribution is 7.99. The van der Waals surface area contributed by atoms with Gasteiger partial charge in [-0.2, -0.15) is 13.8 Å². The van der Waals surface area contributed by atoms with Gasteiger partial charge in [-0.25, -0.2) is 4.39 Å². The van der Waals surface area contributed by atoms with Gasteiger partial charge in [-0.1, -0.05) is 11.8 Å². The Kier molecular flexibility index (Phi) is 3.87. The number of nitrogens with zero attached hydrogens (tertiary/aromatic N) is 1. The van der Waals surface area contributed by atoms with Crippen molar-refractivity contribution in [2.75, 3.05) is 5.75 Å². The lowest BCUT2D eigenvalue weighted by molar-refractivity contribution is 0.373. The van der Waals surface area contributed by atoms with Gasteiger partial charge in [0.1, 0.15) is 0 Å². The molecule has 0 radical (unpaired) electrons. The first-order valence-corrected chi connectivity index (χ1v) is 4.55. The van der Waals surface area contributed by atoms with Gasteiger partial charge >= 0.3 is 6.08 Å². The Labute approximate surface area is 81.6 Å². The molecule has 0 bridgehead atoms. The predicted octanol–water partition coefficient (Wildman–Crippen LogP) is 2.94. The standard InChI is InChI=1S/C7H6F3NO2S/c8-4(6(9)10)1-2-14-7-11-5(12)3-13-7/h3,12H,1-2H2. The Morgan fingerprint density at radius 3 is 2.71 bits per heavy atom. The van der Waals surface area contributed by atoms with Gasteiger partial charge in [0, 0.05) is 12.2 Å². The summed E-state index contributed by atoms with van der Waals surface area (Å²) in [4.78, 5) is 3.48. The van der Waals surface area contributed by atoms with Crippen molar-refractivity contribution in [2.24, 2.45) is 0 Å². The summed E-state index contributed by atoms with van der Waals surface area (Å²) >= 11 is 0.942. The lowest BCUT2D eigenvalue weighted by Gasteiger charge is -1.93.